The van der Waals surface area contributed by atoms with Crippen LogP contribution in [0.15, 0.2) is 41.3 Å². The van der Waals surface area contributed by atoms with Crippen LogP contribution >= 0.6 is 11.6 Å². The highest BCUT2D eigenvalue weighted by Crippen LogP contribution is 2.31. The van der Waals surface area contributed by atoms with E-state index in [1.54, 1.807) is 38.3 Å². The first-order chi connectivity index (χ1) is 11.7. The molecule has 0 aromatic heterocycles. The highest BCUT2D eigenvalue weighted by molar-refractivity contribution is 7.89. The highest BCUT2D eigenvalue weighted by atomic mass is 35.5. The van der Waals surface area contributed by atoms with E-state index in [-0.39, 0.29) is 5.92 Å². The Kier molecular flexibility index (Phi) is 6.49. The molecular weight excluding hydrogens is 358 g/mol. The van der Waals surface area contributed by atoms with Crippen molar-refractivity contribution in [3.8, 4) is 5.75 Å². The molecule has 0 fully saturated rings. The lowest BCUT2D eigenvalue weighted by molar-refractivity contribution is 0.406. The fourth-order valence-electron chi connectivity index (χ4n) is 2.65. The SMILES string of the molecule is COc1cc(C)c(S(=O)(=O)NCCc2ccc(Cl)cc2)cc1C(C)C. The maximum atomic E-state index is 12.7. The second-order valence-corrected chi connectivity index (χ2v) is 8.46. The third kappa shape index (κ3) is 4.97. The number of sulfonamides is 1. The Morgan fingerprint density at radius 3 is 2.36 bits per heavy atom. The predicted octanol–water partition coefficient (Wildman–Crippen LogP) is 4.30. The molecule has 0 saturated heterocycles. The van der Waals surface area contributed by atoms with E-state index in [1.165, 1.54) is 0 Å². The number of halogens is 1. The number of rotatable bonds is 7. The van der Waals surface area contributed by atoms with Crippen LogP contribution in [-0.2, 0) is 16.4 Å². The van der Waals surface area contributed by atoms with Gasteiger partial charge in [-0.2, -0.15) is 0 Å². The largest absolute Gasteiger partial charge is 0.496 e. The molecule has 136 valence electrons. The van der Waals surface area contributed by atoms with Crippen molar-refractivity contribution in [2.24, 2.45) is 0 Å². The van der Waals surface area contributed by atoms with Crippen LogP contribution in [0.3, 0.4) is 0 Å². The molecule has 0 aliphatic carbocycles. The molecule has 0 radical (unpaired) electrons. The standard InChI is InChI=1S/C19H24ClNO3S/c1-13(2)17-12-19(14(3)11-18(17)24-4)25(22,23)21-10-9-15-5-7-16(20)8-6-15/h5-8,11-13,21H,9-10H2,1-4H3. The first-order valence-electron chi connectivity index (χ1n) is 8.17. The van der Waals surface area contributed by atoms with Gasteiger partial charge in [0.25, 0.3) is 0 Å². The van der Waals surface area contributed by atoms with Crippen LogP contribution in [-0.4, -0.2) is 22.1 Å². The second kappa shape index (κ2) is 8.21. The Morgan fingerprint density at radius 2 is 1.80 bits per heavy atom. The number of benzene rings is 2. The molecule has 0 saturated carbocycles. The molecule has 2 aromatic carbocycles. The normalized spacial score (nSPS) is 11.8. The average molecular weight is 382 g/mol. The van der Waals surface area contributed by atoms with E-state index >= 15 is 0 Å². The molecule has 1 N–H and O–H groups in total. The van der Waals surface area contributed by atoms with E-state index in [4.69, 9.17) is 16.3 Å². The van der Waals surface area contributed by atoms with Crippen molar-refractivity contribution in [1.29, 1.82) is 0 Å². The first kappa shape index (κ1) is 19.8. The molecule has 0 aliphatic rings. The van der Waals surface area contributed by atoms with Crippen LogP contribution in [0.1, 0.15) is 36.5 Å². The Bertz CT molecular complexity index is 830. The van der Waals surface area contributed by atoms with Gasteiger partial charge >= 0.3 is 0 Å². The lowest BCUT2D eigenvalue weighted by Gasteiger charge is -2.16. The highest BCUT2D eigenvalue weighted by Gasteiger charge is 2.20. The Balaban J connectivity index is 2.18. The van der Waals surface area contributed by atoms with Crippen molar-refractivity contribution in [1.82, 2.24) is 4.72 Å². The first-order valence-corrected chi connectivity index (χ1v) is 10.0. The Morgan fingerprint density at radius 1 is 1.16 bits per heavy atom. The fourth-order valence-corrected chi connectivity index (χ4v) is 4.07. The summed E-state index contributed by atoms with van der Waals surface area (Å²) in [4.78, 5) is 0.299. The van der Waals surface area contributed by atoms with Gasteiger partial charge in [-0.05, 0) is 60.2 Å². The van der Waals surface area contributed by atoms with E-state index in [1.807, 2.05) is 26.0 Å². The summed E-state index contributed by atoms with van der Waals surface area (Å²) >= 11 is 5.86. The zero-order chi connectivity index (χ0) is 18.6. The summed E-state index contributed by atoms with van der Waals surface area (Å²) in [6.07, 6.45) is 0.600. The minimum absolute atomic E-state index is 0.165. The van der Waals surface area contributed by atoms with Crippen LogP contribution in [0.25, 0.3) is 0 Å². The molecule has 0 spiro atoms. The number of nitrogens with one attached hydrogen (secondary N) is 1. The summed E-state index contributed by atoms with van der Waals surface area (Å²) in [5.74, 6) is 0.881. The van der Waals surface area contributed by atoms with Crippen LogP contribution < -0.4 is 9.46 Å². The van der Waals surface area contributed by atoms with Crippen molar-refractivity contribution in [2.75, 3.05) is 13.7 Å². The van der Waals surface area contributed by atoms with Crippen molar-refractivity contribution in [3.05, 3.63) is 58.1 Å². The molecular formula is C19H24ClNO3S. The zero-order valence-electron chi connectivity index (χ0n) is 15.0. The van der Waals surface area contributed by atoms with Gasteiger partial charge in [-0.3, -0.25) is 0 Å². The van der Waals surface area contributed by atoms with Crippen molar-refractivity contribution in [3.63, 3.8) is 0 Å². The van der Waals surface area contributed by atoms with Gasteiger partial charge in [-0.15, -0.1) is 0 Å². The molecule has 4 nitrogen and oxygen atoms in total. The third-order valence-corrected chi connectivity index (χ3v) is 5.91. The lowest BCUT2D eigenvalue weighted by Crippen LogP contribution is -2.27. The molecule has 0 heterocycles. The van der Waals surface area contributed by atoms with Crippen LogP contribution in [0.5, 0.6) is 5.75 Å². The van der Waals surface area contributed by atoms with E-state index in [2.05, 4.69) is 4.72 Å². The molecule has 0 bridgehead atoms. The summed E-state index contributed by atoms with van der Waals surface area (Å²) < 4.78 is 33.5. The third-order valence-electron chi connectivity index (χ3n) is 4.06. The molecule has 2 aromatic rings. The minimum atomic E-state index is -3.58. The number of ether oxygens (including phenoxy) is 1. The Hall–Kier alpha value is -1.56. The summed E-state index contributed by atoms with van der Waals surface area (Å²) in [7, 11) is -1.99. The van der Waals surface area contributed by atoms with E-state index < -0.39 is 10.0 Å². The smallest absolute Gasteiger partial charge is 0.240 e. The van der Waals surface area contributed by atoms with Gasteiger partial charge in [0.1, 0.15) is 5.75 Å². The maximum absolute atomic E-state index is 12.7. The molecule has 25 heavy (non-hydrogen) atoms. The Labute approximate surface area is 155 Å². The van der Waals surface area contributed by atoms with E-state index in [9.17, 15) is 8.42 Å². The van der Waals surface area contributed by atoms with Gasteiger partial charge in [0.2, 0.25) is 10.0 Å². The van der Waals surface area contributed by atoms with Crippen LogP contribution in [0, 0.1) is 6.92 Å². The second-order valence-electron chi connectivity index (χ2n) is 6.29. The minimum Gasteiger partial charge on any atom is -0.496 e. The topological polar surface area (TPSA) is 55.4 Å². The molecule has 0 amide bonds. The average Bonchev–Trinajstić information content (AvgIpc) is 2.55. The molecule has 2 rings (SSSR count). The fraction of sp³-hybridized carbons (Fsp3) is 0.368. The predicted molar refractivity (Wildman–Crippen MR) is 102 cm³/mol. The van der Waals surface area contributed by atoms with Crippen molar-refractivity contribution >= 4 is 21.6 Å². The quantitative estimate of drug-likeness (QED) is 0.777. The van der Waals surface area contributed by atoms with Crippen molar-refractivity contribution < 1.29 is 13.2 Å². The van der Waals surface area contributed by atoms with E-state index in [0.717, 1.165) is 11.1 Å². The maximum Gasteiger partial charge on any atom is 0.240 e. The van der Waals surface area contributed by atoms with Gasteiger partial charge in [0.15, 0.2) is 0 Å². The monoisotopic (exact) mass is 381 g/mol. The number of methoxy groups -OCH3 is 1. The van der Waals surface area contributed by atoms with E-state index in [0.29, 0.717) is 34.2 Å². The van der Waals surface area contributed by atoms with Crippen LogP contribution in [0.4, 0.5) is 0 Å². The van der Waals surface area contributed by atoms with Gasteiger partial charge in [0, 0.05) is 11.6 Å². The molecule has 0 aliphatic heterocycles. The molecule has 0 atom stereocenters. The zero-order valence-corrected chi connectivity index (χ0v) is 16.5. The number of aryl methyl sites for hydroxylation is 1. The van der Waals surface area contributed by atoms with Gasteiger partial charge < -0.3 is 4.74 Å². The molecule has 6 heteroatoms. The van der Waals surface area contributed by atoms with Crippen molar-refractivity contribution in [2.45, 2.75) is 38.0 Å². The van der Waals surface area contributed by atoms with Gasteiger partial charge in [-0.25, -0.2) is 13.1 Å². The number of hydrogen-bond donors (Lipinski definition) is 1. The van der Waals surface area contributed by atoms with Gasteiger partial charge in [-0.1, -0.05) is 37.6 Å². The summed E-state index contributed by atoms with van der Waals surface area (Å²) in [6, 6.07) is 10.9. The molecule has 0 unspecified atom stereocenters. The number of hydrogen-bond acceptors (Lipinski definition) is 3. The summed E-state index contributed by atoms with van der Waals surface area (Å²) in [5, 5.41) is 0.666. The lowest BCUT2D eigenvalue weighted by atomic mass is 10.0. The summed E-state index contributed by atoms with van der Waals surface area (Å²) in [5.41, 5.74) is 2.58. The van der Waals surface area contributed by atoms with Crippen LogP contribution in [0.2, 0.25) is 5.02 Å². The summed E-state index contributed by atoms with van der Waals surface area (Å²) in [6.45, 7) is 6.13. The van der Waals surface area contributed by atoms with Gasteiger partial charge in [0.05, 0.1) is 12.0 Å².